The average molecular weight is 371 g/mol. The Hall–Kier alpha value is 0.390. The second-order valence-electron chi connectivity index (χ2n) is 5.57. The molecular formula is C15H31BrO3S. The van der Waals surface area contributed by atoms with Crippen LogP contribution in [0.25, 0.3) is 0 Å². The largest absolute Gasteiger partial charge is 0.286 e. The van der Waals surface area contributed by atoms with Gasteiger partial charge in [-0.25, -0.2) is 0 Å². The SMILES string of the molecule is O=S(=O)(O)CCCCCCCCCCCCCCCBr. The molecule has 0 unspecified atom stereocenters. The van der Waals surface area contributed by atoms with E-state index in [-0.39, 0.29) is 5.75 Å². The van der Waals surface area contributed by atoms with E-state index in [9.17, 15) is 8.42 Å². The summed E-state index contributed by atoms with van der Waals surface area (Å²) in [7, 11) is -3.74. The van der Waals surface area contributed by atoms with Gasteiger partial charge in [-0.1, -0.05) is 86.6 Å². The highest BCUT2D eigenvalue weighted by Crippen LogP contribution is 2.12. The Morgan fingerprint density at radius 1 is 0.600 bits per heavy atom. The highest BCUT2D eigenvalue weighted by Gasteiger charge is 2.02. The van der Waals surface area contributed by atoms with Gasteiger partial charge in [-0.2, -0.15) is 8.42 Å². The van der Waals surface area contributed by atoms with Gasteiger partial charge in [-0.15, -0.1) is 0 Å². The molecule has 0 radical (unpaired) electrons. The quantitative estimate of drug-likeness (QED) is 0.240. The monoisotopic (exact) mass is 370 g/mol. The molecule has 0 aliphatic heterocycles. The average Bonchev–Trinajstić information content (AvgIpc) is 2.38. The van der Waals surface area contributed by atoms with Crippen LogP contribution in [-0.2, 0) is 10.1 Å². The first-order chi connectivity index (χ1) is 9.56. The predicted molar refractivity (Wildman–Crippen MR) is 90.2 cm³/mol. The number of rotatable bonds is 15. The van der Waals surface area contributed by atoms with E-state index in [2.05, 4.69) is 15.9 Å². The molecule has 1 N–H and O–H groups in total. The molecule has 0 saturated carbocycles. The number of alkyl halides is 1. The summed E-state index contributed by atoms with van der Waals surface area (Å²) >= 11 is 3.45. The first-order valence-corrected chi connectivity index (χ1v) is 10.8. The maximum absolute atomic E-state index is 10.5. The lowest BCUT2D eigenvalue weighted by Gasteiger charge is -2.02. The molecule has 20 heavy (non-hydrogen) atoms. The van der Waals surface area contributed by atoms with Crippen molar-refractivity contribution in [2.24, 2.45) is 0 Å². The van der Waals surface area contributed by atoms with Crippen LogP contribution in [0.15, 0.2) is 0 Å². The van der Waals surface area contributed by atoms with Crippen LogP contribution < -0.4 is 0 Å². The van der Waals surface area contributed by atoms with Gasteiger partial charge in [0.15, 0.2) is 0 Å². The van der Waals surface area contributed by atoms with Crippen molar-refractivity contribution in [1.29, 1.82) is 0 Å². The van der Waals surface area contributed by atoms with Crippen molar-refractivity contribution in [3.8, 4) is 0 Å². The molecule has 3 nitrogen and oxygen atoms in total. The van der Waals surface area contributed by atoms with E-state index >= 15 is 0 Å². The van der Waals surface area contributed by atoms with Gasteiger partial charge >= 0.3 is 0 Å². The summed E-state index contributed by atoms with van der Waals surface area (Å²) in [6.45, 7) is 0. The Morgan fingerprint density at radius 2 is 0.900 bits per heavy atom. The minimum absolute atomic E-state index is 0.0813. The van der Waals surface area contributed by atoms with Gasteiger partial charge in [-0.05, 0) is 12.8 Å². The van der Waals surface area contributed by atoms with Crippen molar-refractivity contribution < 1.29 is 13.0 Å². The van der Waals surface area contributed by atoms with Gasteiger partial charge < -0.3 is 0 Å². The van der Waals surface area contributed by atoms with Gasteiger partial charge in [0, 0.05) is 5.33 Å². The van der Waals surface area contributed by atoms with Crippen molar-refractivity contribution in [3.63, 3.8) is 0 Å². The molecule has 0 heterocycles. The highest BCUT2D eigenvalue weighted by atomic mass is 79.9. The Kier molecular flexibility index (Phi) is 14.6. The lowest BCUT2D eigenvalue weighted by atomic mass is 10.1. The van der Waals surface area contributed by atoms with Crippen LogP contribution in [0.3, 0.4) is 0 Å². The fourth-order valence-electron chi connectivity index (χ4n) is 2.32. The molecular weight excluding hydrogens is 340 g/mol. The second kappa shape index (κ2) is 14.3. The minimum Gasteiger partial charge on any atom is -0.286 e. The Labute approximate surface area is 133 Å². The summed E-state index contributed by atoms with van der Waals surface area (Å²) in [5.74, 6) is -0.0813. The lowest BCUT2D eigenvalue weighted by Crippen LogP contribution is -2.03. The van der Waals surface area contributed by atoms with Crippen molar-refractivity contribution in [2.45, 2.75) is 83.5 Å². The molecule has 0 atom stereocenters. The maximum Gasteiger partial charge on any atom is 0.264 e. The third-order valence-electron chi connectivity index (χ3n) is 3.54. The molecule has 0 aromatic rings. The van der Waals surface area contributed by atoms with E-state index in [1.54, 1.807) is 0 Å². The standard InChI is InChI=1S/C15H31BrO3S/c16-14-12-10-8-6-4-2-1-3-5-7-9-11-13-15-20(17,18)19/h1-15H2,(H,17,18,19). The summed E-state index contributed by atoms with van der Waals surface area (Å²) in [6.07, 6.45) is 15.8. The summed E-state index contributed by atoms with van der Waals surface area (Å²) in [5, 5.41) is 1.14. The summed E-state index contributed by atoms with van der Waals surface area (Å²) < 4.78 is 29.6. The fourth-order valence-corrected chi connectivity index (χ4v) is 3.29. The first-order valence-electron chi connectivity index (χ1n) is 8.07. The highest BCUT2D eigenvalue weighted by molar-refractivity contribution is 9.09. The maximum atomic E-state index is 10.5. The van der Waals surface area contributed by atoms with Crippen molar-refractivity contribution in [3.05, 3.63) is 0 Å². The third kappa shape index (κ3) is 18.4. The summed E-state index contributed by atoms with van der Waals surface area (Å²) in [6, 6.07) is 0. The molecule has 0 fully saturated rings. The molecule has 0 spiro atoms. The van der Waals surface area contributed by atoms with Crippen LogP contribution in [0.4, 0.5) is 0 Å². The summed E-state index contributed by atoms with van der Waals surface area (Å²) in [4.78, 5) is 0. The number of hydrogen-bond donors (Lipinski definition) is 1. The Balaban J connectivity index is 3.03. The van der Waals surface area contributed by atoms with Crippen molar-refractivity contribution >= 4 is 26.0 Å². The molecule has 0 rings (SSSR count). The first kappa shape index (κ1) is 20.4. The van der Waals surface area contributed by atoms with Crippen LogP contribution in [0.2, 0.25) is 0 Å². The van der Waals surface area contributed by atoms with Crippen molar-refractivity contribution in [1.82, 2.24) is 0 Å². The molecule has 0 aromatic heterocycles. The number of unbranched alkanes of at least 4 members (excludes halogenated alkanes) is 12. The van der Waals surface area contributed by atoms with E-state index in [1.165, 1.54) is 64.2 Å². The number of halogens is 1. The molecule has 0 aromatic carbocycles. The topological polar surface area (TPSA) is 54.4 Å². The molecule has 0 bridgehead atoms. The third-order valence-corrected chi connectivity index (χ3v) is 4.90. The smallest absolute Gasteiger partial charge is 0.264 e. The second-order valence-corrected chi connectivity index (χ2v) is 7.94. The van der Waals surface area contributed by atoms with Crippen molar-refractivity contribution in [2.75, 3.05) is 11.1 Å². The zero-order valence-corrected chi connectivity index (χ0v) is 15.1. The van der Waals surface area contributed by atoms with E-state index in [0.29, 0.717) is 6.42 Å². The van der Waals surface area contributed by atoms with Gasteiger partial charge in [0.1, 0.15) is 0 Å². The Bertz CT molecular complexity index is 291. The fraction of sp³-hybridized carbons (Fsp3) is 1.00. The van der Waals surface area contributed by atoms with Crippen LogP contribution in [0, 0.1) is 0 Å². The van der Waals surface area contributed by atoms with Crippen LogP contribution in [0.1, 0.15) is 83.5 Å². The van der Waals surface area contributed by atoms with Crippen LogP contribution >= 0.6 is 15.9 Å². The molecule has 0 saturated heterocycles. The molecule has 122 valence electrons. The van der Waals surface area contributed by atoms with E-state index in [0.717, 1.165) is 18.2 Å². The minimum atomic E-state index is -3.74. The van der Waals surface area contributed by atoms with E-state index < -0.39 is 10.1 Å². The van der Waals surface area contributed by atoms with Gasteiger partial charge in [-0.3, -0.25) is 4.55 Å². The molecule has 0 aliphatic carbocycles. The molecule has 5 heteroatoms. The predicted octanol–water partition coefficient (Wildman–Crippen LogP) is 5.34. The molecule has 0 amide bonds. The molecule has 0 aliphatic rings. The zero-order valence-electron chi connectivity index (χ0n) is 12.7. The van der Waals surface area contributed by atoms with Crippen LogP contribution in [0.5, 0.6) is 0 Å². The lowest BCUT2D eigenvalue weighted by molar-refractivity contribution is 0.478. The normalized spacial score (nSPS) is 11.9. The number of hydrogen-bond acceptors (Lipinski definition) is 2. The Morgan fingerprint density at radius 3 is 1.20 bits per heavy atom. The zero-order chi connectivity index (χ0) is 15.1. The van der Waals surface area contributed by atoms with Crippen LogP contribution in [-0.4, -0.2) is 24.1 Å². The van der Waals surface area contributed by atoms with E-state index in [1.807, 2.05) is 0 Å². The van der Waals surface area contributed by atoms with E-state index in [4.69, 9.17) is 4.55 Å². The van der Waals surface area contributed by atoms with Gasteiger partial charge in [0.05, 0.1) is 5.75 Å². The van der Waals surface area contributed by atoms with Gasteiger partial charge in [0.2, 0.25) is 0 Å². The van der Waals surface area contributed by atoms with Gasteiger partial charge in [0.25, 0.3) is 10.1 Å². The summed E-state index contributed by atoms with van der Waals surface area (Å²) in [5.41, 5.74) is 0.